The zero-order valence-electron chi connectivity index (χ0n) is 14.4. The summed E-state index contributed by atoms with van der Waals surface area (Å²) in [5, 5.41) is 0. The maximum absolute atomic E-state index is 5.97. The van der Waals surface area contributed by atoms with Crippen molar-refractivity contribution in [2.24, 2.45) is 7.05 Å². The van der Waals surface area contributed by atoms with Crippen molar-refractivity contribution in [2.45, 2.75) is 25.7 Å². The Balaban J connectivity index is 2.08. The van der Waals surface area contributed by atoms with Crippen molar-refractivity contribution in [3.05, 3.63) is 55.8 Å². The number of unbranched alkanes of at least 4 members (excludes halogenated alkanes) is 2. The van der Waals surface area contributed by atoms with Gasteiger partial charge in [0.25, 0.3) is 6.01 Å². The monoisotopic (exact) mass is 326 g/mol. The van der Waals surface area contributed by atoms with E-state index in [-0.39, 0.29) is 0 Å². The lowest BCUT2D eigenvalue weighted by molar-refractivity contribution is 0.289. The number of rotatable bonds is 11. The largest absolute Gasteiger partial charge is 0.493 e. The fraction of sp³-hybridized carbons (Fsp3) is 0.350. The first-order valence-electron chi connectivity index (χ1n) is 8.36. The van der Waals surface area contributed by atoms with E-state index in [9.17, 15) is 0 Å². The van der Waals surface area contributed by atoms with Crippen molar-refractivity contribution < 1.29 is 9.47 Å². The van der Waals surface area contributed by atoms with Crippen LogP contribution in [-0.2, 0) is 7.05 Å². The second-order valence-electron chi connectivity index (χ2n) is 5.54. The Kier molecular flexibility index (Phi) is 7.15. The zero-order valence-corrected chi connectivity index (χ0v) is 14.4. The Morgan fingerprint density at radius 3 is 2.62 bits per heavy atom. The van der Waals surface area contributed by atoms with E-state index < -0.39 is 0 Å². The third-order valence-corrected chi connectivity index (χ3v) is 3.72. The van der Waals surface area contributed by atoms with Gasteiger partial charge in [0, 0.05) is 12.6 Å². The maximum atomic E-state index is 5.97. The number of benzene rings is 1. The molecule has 0 saturated heterocycles. The minimum atomic E-state index is 0.579. The molecule has 4 heteroatoms. The summed E-state index contributed by atoms with van der Waals surface area (Å²) < 4.78 is 13.6. The molecule has 0 aliphatic carbocycles. The van der Waals surface area contributed by atoms with Gasteiger partial charge in [0.05, 0.1) is 25.1 Å². The maximum Gasteiger partial charge on any atom is 0.296 e. The van der Waals surface area contributed by atoms with Crippen LogP contribution in [0.1, 0.15) is 25.7 Å². The average Bonchev–Trinajstić information content (AvgIpc) is 2.96. The normalized spacial score (nSPS) is 10.4. The molecule has 0 atom stereocenters. The van der Waals surface area contributed by atoms with Crippen LogP contribution in [0, 0.1) is 0 Å². The van der Waals surface area contributed by atoms with E-state index >= 15 is 0 Å². The third-order valence-electron chi connectivity index (χ3n) is 3.72. The quantitative estimate of drug-likeness (QED) is 0.440. The predicted octanol–water partition coefficient (Wildman–Crippen LogP) is 4.78. The van der Waals surface area contributed by atoms with E-state index in [1.54, 1.807) is 0 Å². The van der Waals surface area contributed by atoms with Gasteiger partial charge in [-0.25, -0.2) is 4.98 Å². The Bertz CT molecular complexity index is 661. The molecule has 0 N–H and O–H groups in total. The molecule has 0 fully saturated rings. The van der Waals surface area contributed by atoms with Gasteiger partial charge in [-0.3, -0.25) is 4.57 Å². The fourth-order valence-electron chi connectivity index (χ4n) is 2.39. The number of nitrogens with zero attached hydrogens (tertiary/aromatic N) is 2. The molecule has 0 bridgehead atoms. The van der Waals surface area contributed by atoms with Crippen LogP contribution < -0.4 is 9.47 Å². The third kappa shape index (κ3) is 4.75. The topological polar surface area (TPSA) is 36.3 Å². The van der Waals surface area contributed by atoms with Gasteiger partial charge in [-0.1, -0.05) is 24.3 Å². The average molecular weight is 326 g/mol. The molecule has 0 saturated carbocycles. The number of aromatic nitrogens is 2. The van der Waals surface area contributed by atoms with Crippen molar-refractivity contribution in [3.63, 3.8) is 0 Å². The van der Waals surface area contributed by atoms with Gasteiger partial charge in [0.15, 0.2) is 0 Å². The van der Waals surface area contributed by atoms with Crippen LogP contribution in [0.15, 0.2) is 55.8 Å². The van der Waals surface area contributed by atoms with Crippen LogP contribution in [0.5, 0.6) is 11.8 Å². The van der Waals surface area contributed by atoms with Gasteiger partial charge in [0.2, 0.25) is 0 Å². The number of para-hydroxylation sites is 1. The van der Waals surface area contributed by atoms with Crippen molar-refractivity contribution in [3.8, 4) is 23.0 Å². The lowest BCUT2D eigenvalue weighted by Gasteiger charge is -2.12. The smallest absolute Gasteiger partial charge is 0.296 e. The van der Waals surface area contributed by atoms with Crippen LogP contribution in [0.2, 0.25) is 0 Å². The standard InChI is InChI=1S/C20H26N2O2/c1-4-6-8-11-15-23-19-13-10-9-12-17(19)18-16-21-20(22(18)3)24-14-7-5-2/h4-5,9-10,12-13,16H,1-2,6-8,11,14-15H2,3H3. The molecule has 0 amide bonds. The molecule has 2 rings (SSSR count). The molecule has 2 aromatic rings. The second-order valence-corrected chi connectivity index (χ2v) is 5.54. The molecule has 1 heterocycles. The SMILES string of the molecule is C=CCCCCOc1ccccc1-c1cnc(OCCC=C)n1C. The van der Waals surface area contributed by atoms with Crippen LogP contribution in [0.4, 0.5) is 0 Å². The van der Waals surface area contributed by atoms with E-state index in [0.29, 0.717) is 19.2 Å². The molecule has 24 heavy (non-hydrogen) atoms. The Labute approximate surface area is 144 Å². The Morgan fingerprint density at radius 2 is 1.83 bits per heavy atom. The van der Waals surface area contributed by atoms with E-state index in [4.69, 9.17) is 9.47 Å². The second kappa shape index (κ2) is 9.60. The molecular formula is C20H26N2O2. The highest BCUT2D eigenvalue weighted by atomic mass is 16.5. The number of hydrogen-bond donors (Lipinski definition) is 0. The number of hydrogen-bond acceptors (Lipinski definition) is 3. The molecule has 4 nitrogen and oxygen atoms in total. The number of imidazole rings is 1. The van der Waals surface area contributed by atoms with E-state index in [1.807, 2.05) is 54.2 Å². The molecule has 1 aromatic heterocycles. The van der Waals surface area contributed by atoms with Gasteiger partial charge >= 0.3 is 0 Å². The molecule has 1 aromatic carbocycles. The van der Waals surface area contributed by atoms with E-state index in [1.165, 1.54) is 0 Å². The molecule has 0 radical (unpaired) electrons. The van der Waals surface area contributed by atoms with Crippen LogP contribution >= 0.6 is 0 Å². The molecule has 128 valence electrons. The summed E-state index contributed by atoms with van der Waals surface area (Å²) in [7, 11) is 1.95. The van der Waals surface area contributed by atoms with Gasteiger partial charge < -0.3 is 9.47 Å². The summed E-state index contributed by atoms with van der Waals surface area (Å²) >= 11 is 0. The van der Waals surface area contributed by atoms with Crippen molar-refractivity contribution in [1.29, 1.82) is 0 Å². The van der Waals surface area contributed by atoms with Crippen molar-refractivity contribution in [1.82, 2.24) is 9.55 Å². The highest BCUT2D eigenvalue weighted by molar-refractivity contribution is 5.67. The van der Waals surface area contributed by atoms with Crippen LogP contribution in [-0.4, -0.2) is 22.8 Å². The Morgan fingerprint density at radius 1 is 1.04 bits per heavy atom. The highest BCUT2D eigenvalue weighted by Gasteiger charge is 2.13. The lowest BCUT2D eigenvalue weighted by atomic mass is 10.1. The van der Waals surface area contributed by atoms with Crippen molar-refractivity contribution >= 4 is 0 Å². The summed E-state index contributed by atoms with van der Waals surface area (Å²) in [6.07, 6.45) is 9.53. The molecule has 0 aliphatic rings. The summed E-state index contributed by atoms with van der Waals surface area (Å²) in [5.41, 5.74) is 2.00. The van der Waals surface area contributed by atoms with Gasteiger partial charge in [0.1, 0.15) is 5.75 Å². The van der Waals surface area contributed by atoms with Gasteiger partial charge in [-0.05, 0) is 37.8 Å². The number of ether oxygens (including phenoxy) is 2. The van der Waals surface area contributed by atoms with E-state index in [2.05, 4.69) is 18.1 Å². The van der Waals surface area contributed by atoms with Crippen LogP contribution in [0.3, 0.4) is 0 Å². The molecule has 0 aliphatic heterocycles. The molecule has 0 spiro atoms. The summed E-state index contributed by atoms with van der Waals surface area (Å²) in [5.74, 6) is 0.872. The van der Waals surface area contributed by atoms with Gasteiger partial charge in [-0.2, -0.15) is 0 Å². The minimum Gasteiger partial charge on any atom is -0.493 e. The Hall–Kier alpha value is -2.49. The summed E-state index contributed by atoms with van der Waals surface area (Å²) in [4.78, 5) is 4.37. The molecule has 0 unspecified atom stereocenters. The molecular weight excluding hydrogens is 300 g/mol. The first kappa shape index (κ1) is 17.9. The van der Waals surface area contributed by atoms with Crippen molar-refractivity contribution in [2.75, 3.05) is 13.2 Å². The van der Waals surface area contributed by atoms with Crippen LogP contribution in [0.25, 0.3) is 11.3 Å². The predicted molar refractivity (Wildman–Crippen MR) is 98.5 cm³/mol. The fourth-order valence-corrected chi connectivity index (χ4v) is 2.39. The first-order valence-corrected chi connectivity index (χ1v) is 8.36. The summed E-state index contributed by atoms with van der Waals surface area (Å²) in [6.45, 7) is 8.72. The van der Waals surface area contributed by atoms with Gasteiger partial charge in [-0.15, -0.1) is 13.2 Å². The van der Waals surface area contributed by atoms with E-state index in [0.717, 1.165) is 42.7 Å². The minimum absolute atomic E-state index is 0.579. The number of allylic oxidation sites excluding steroid dienone is 1. The summed E-state index contributed by atoms with van der Waals surface area (Å²) in [6, 6.07) is 8.64. The zero-order chi connectivity index (χ0) is 17.2. The first-order chi connectivity index (χ1) is 11.8. The lowest BCUT2D eigenvalue weighted by Crippen LogP contribution is -2.03. The highest BCUT2D eigenvalue weighted by Crippen LogP contribution is 2.31.